The molecule has 2 aliphatic rings. The number of methoxy groups -OCH3 is 3. The van der Waals surface area contributed by atoms with E-state index < -0.39 is 0 Å². The van der Waals surface area contributed by atoms with Gasteiger partial charge in [-0.25, -0.2) is 0 Å². The summed E-state index contributed by atoms with van der Waals surface area (Å²) in [4.78, 5) is 12.6. The van der Waals surface area contributed by atoms with E-state index in [0.29, 0.717) is 22.9 Å². The molecule has 1 unspecified atom stereocenters. The number of ether oxygens (including phenoxy) is 3. The van der Waals surface area contributed by atoms with E-state index in [1.807, 2.05) is 0 Å². The minimum absolute atomic E-state index is 0. The van der Waals surface area contributed by atoms with Crippen LogP contribution in [-0.2, 0) is 4.79 Å². The normalized spacial score (nSPS) is 20.7. The number of carbonyl (C=O) groups excluding carboxylic acids is 1. The summed E-state index contributed by atoms with van der Waals surface area (Å²) in [5.74, 6) is 1.87. The van der Waals surface area contributed by atoms with Gasteiger partial charge in [-0.2, -0.15) is 0 Å². The summed E-state index contributed by atoms with van der Waals surface area (Å²) in [5.41, 5.74) is 0.824. The Kier molecular flexibility index (Phi) is 5.83. The van der Waals surface area contributed by atoms with Gasteiger partial charge in [-0.3, -0.25) is 4.79 Å². The van der Waals surface area contributed by atoms with E-state index in [1.165, 1.54) is 0 Å². The zero-order chi connectivity index (χ0) is 16.4. The van der Waals surface area contributed by atoms with Crippen LogP contribution in [0.2, 0.25) is 0 Å². The number of halogens is 1. The molecule has 3 rings (SSSR count). The van der Waals surface area contributed by atoms with Gasteiger partial charge in [0.05, 0.1) is 27.0 Å². The summed E-state index contributed by atoms with van der Waals surface area (Å²) >= 11 is 0. The predicted molar refractivity (Wildman–Crippen MR) is 94.6 cm³/mol. The summed E-state index contributed by atoms with van der Waals surface area (Å²) in [6, 6.07) is 3.47. The van der Waals surface area contributed by atoms with Crippen molar-refractivity contribution in [3.8, 4) is 17.2 Å². The van der Waals surface area contributed by atoms with Crippen LogP contribution in [0.5, 0.6) is 17.2 Å². The monoisotopic (exact) mass is 356 g/mol. The highest BCUT2D eigenvalue weighted by Crippen LogP contribution is 2.59. The van der Waals surface area contributed by atoms with Crippen molar-refractivity contribution >= 4 is 24.0 Å². The molecule has 0 bridgehead atoms. The smallest absolute Gasteiger partial charge is 0.228 e. The maximum atomic E-state index is 12.6. The molecule has 1 saturated heterocycles. The van der Waals surface area contributed by atoms with E-state index in [1.54, 1.807) is 33.5 Å². The number of benzene rings is 1. The summed E-state index contributed by atoms with van der Waals surface area (Å²) < 4.78 is 15.9. The van der Waals surface area contributed by atoms with Crippen LogP contribution in [0.15, 0.2) is 12.1 Å². The average Bonchev–Trinajstić information content (AvgIpc) is 3.28. The Morgan fingerprint density at radius 2 is 1.67 bits per heavy atom. The highest BCUT2D eigenvalue weighted by molar-refractivity contribution is 5.96. The van der Waals surface area contributed by atoms with Crippen LogP contribution in [0.1, 0.15) is 19.3 Å². The molecule has 1 saturated carbocycles. The maximum absolute atomic E-state index is 12.6. The van der Waals surface area contributed by atoms with E-state index in [2.05, 4.69) is 10.6 Å². The van der Waals surface area contributed by atoms with Crippen molar-refractivity contribution in [1.29, 1.82) is 0 Å². The maximum Gasteiger partial charge on any atom is 0.228 e. The Morgan fingerprint density at radius 3 is 2.25 bits per heavy atom. The van der Waals surface area contributed by atoms with Crippen LogP contribution in [0.25, 0.3) is 0 Å². The fraction of sp³-hybridized carbons (Fsp3) is 0.588. The first-order chi connectivity index (χ1) is 11.1. The zero-order valence-corrected chi connectivity index (χ0v) is 15.1. The number of hydrogen-bond acceptors (Lipinski definition) is 5. The standard InChI is InChI=1S/C17H24N2O4.ClH/c1-21-13-9-15(23-3)14(22-2)8-12(13)19-16(20)11-10-17(11)4-6-18-7-5-17;/h8-9,11,18H,4-7,10H2,1-3H3,(H,19,20);1H. The molecule has 1 spiro atoms. The third kappa shape index (κ3) is 3.39. The average molecular weight is 357 g/mol. The number of amides is 1. The molecule has 0 radical (unpaired) electrons. The molecule has 1 aliphatic carbocycles. The van der Waals surface area contributed by atoms with Crippen molar-refractivity contribution in [3.63, 3.8) is 0 Å². The van der Waals surface area contributed by atoms with Gasteiger partial charge in [-0.15, -0.1) is 12.4 Å². The first-order valence-electron chi connectivity index (χ1n) is 7.95. The van der Waals surface area contributed by atoms with E-state index >= 15 is 0 Å². The molecule has 1 amide bonds. The Morgan fingerprint density at radius 1 is 1.08 bits per heavy atom. The molecule has 2 fully saturated rings. The third-order valence-corrected chi connectivity index (χ3v) is 5.07. The Labute approximate surface area is 148 Å². The minimum atomic E-state index is 0. The lowest BCUT2D eigenvalue weighted by atomic mass is 9.92. The molecule has 134 valence electrons. The molecule has 2 N–H and O–H groups in total. The number of carbonyl (C=O) groups is 1. The molecule has 7 heteroatoms. The van der Waals surface area contributed by atoms with Crippen molar-refractivity contribution in [2.45, 2.75) is 19.3 Å². The number of nitrogens with one attached hydrogen (secondary N) is 2. The topological polar surface area (TPSA) is 68.8 Å². The number of anilines is 1. The van der Waals surface area contributed by atoms with Gasteiger partial charge >= 0.3 is 0 Å². The SMILES string of the molecule is COc1cc(OC)c(OC)cc1NC(=O)C1CC12CCNCC2.Cl. The van der Waals surface area contributed by atoms with Crippen molar-refractivity contribution in [2.75, 3.05) is 39.7 Å². The highest BCUT2D eigenvalue weighted by atomic mass is 35.5. The lowest BCUT2D eigenvalue weighted by molar-refractivity contribution is -0.118. The number of rotatable bonds is 5. The Hall–Kier alpha value is -1.66. The molecule has 6 nitrogen and oxygen atoms in total. The van der Waals surface area contributed by atoms with Crippen LogP contribution in [0.3, 0.4) is 0 Å². The van der Waals surface area contributed by atoms with Gasteiger partial charge < -0.3 is 24.8 Å². The summed E-state index contributed by atoms with van der Waals surface area (Å²) in [6.07, 6.45) is 3.14. The van der Waals surface area contributed by atoms with E-state index in [9.17, 15) is 4.79 Å². The van der Waals surface area contributed by atoms with Crippen LogP contribution < -0.4 is 24.8 Å². The van der Waals surface area contributed by atoms with Gasteiger partial charge in [0.1, 0.15) is 5.75 Å². The number of hydrogen-bond donors (Lipinski definition) is 2. The van der Waals surface area contributed by atoms with Gasteiger partial charge in [0.2, 0.25) is 5.91 Å². The first-order valence-corrected chi connectivity index (χ1v) is 7.95. The molecule has 1 heterocycles. The Bertz CT molecular complexity index is 602. The molecule has 1 aromatic carbocycles. The molecule has 1 aliphatic heterocycles. The Balaban J connectivity index is 0.00000208. The van der Waals surface area contributed by atoms with E-state index in [4.69, 9.17) is 14.2 Å². The van der Waals surface area contributed by atoms with Crippen LogP contribution in [-0.4, -0.2) is 40.3 Å². The van der Waals surface area contributed by atoms with Crippen LogP contribution in [0.4, 0.5) is 5.69 Å². The molecule has 1 atom stereocenters. The van der Waals surface area contributed by atoms with Gasteiger partial charge in [0.15, 0.2) is 11.5 Å². The fourth-order valence-corrected chi connectivity index (χ4v) is 3.54. The second-order valence-corrected chi connectivity index (χ2v) is 6.27. The minimum Gasteiger partial charge on any atom is -0.494 e. The van der Waals surface area contributed by atoms with Crippen molar-refractivity contribution in [1.82, 2.24) is 5.32 Å². The molecule has 1 aromatic rings. The lowest BCUT2D eigenvalue weighted by Gasteiger charge is -2.23. The molecular weight excluding hydrogens is 332 g/mol. The summed E-state index contributed by atoms with van der Waals surface area (Å²) in [7, 11) is 4.71. The van der Waals surface area contributed by atoms with Gasteiger partial charge in [0, 0.05) is 18.1 Å². The predicted octanol–water partition coefficient (Wildman–Crippen LogP) is 2.46. The zero-order valence-electron chi connectivity index (χ0n) is 14.3. The third-order valence-electron chi connectivity index (χ3n) is 5.07. The van der Waals surface area contributed by atoms with Gasteiger partial charge in [-0.05, 0) is 37.8 Å². The van der Waals surface area contributed by atoms with Crippen LogP contribution >= 0.6 is 12.4 Å². The van der Waals surface area contributed by atoms with Crippen LogP contribution in [0, 0.1) is 11.3 Å². The number of piperidine rings is 1. The fourth-order valence-electron chi connectivity index (χ4n) is 3.54. The van der Waals surface area contributed by atoms with Crippen molar-refractivity contribution in [3.05, 3.63) is 12.1 Å². The molecule has 0 aromatic heterocycles. The molecular formula is C17H25ClN2O4. The lowest BCUT2D eigenvalue weighted by Crippen LogP contribution is -2.31. The second kappa shape index (κ2) is 7.49. The van der Waals surface area contributed by atoms with Crippen molar-refractivity contribution in [2.24, 2.45) is 11.3 Å². The van der Waals surface area contributed by atoms with E-state index in [0.717, 1.165) is 32.4 Å². The summed E-state index contributed by atoms with van der Waals surface area (Å²) in [5, 5.41) is 6.35. The summed E-state index contributed by atoms with van der Waals surface area (Å²) in [6.45, 7) is 2.01. The largest absolute Gasteiger partial charge is 0.494 e. The van der Waals surface area contributed by atoms with Gasteiger partial charge in [0.25, 0.3) is 0 Å². The van der Waals surface area contributed by atoms with E-state index in [-0.39, 0.29) is 29.6 Å². The van der Waals surface area contributed by atoms with Gasteiger partial charge in [-0.1, -0.05) is 0 Å². The first kappa shape index (κ1) is 18.7. The quantitative estimate of drug-likeness (QED) is 0.848. The highest BCUT2D eigenvalue weighted by Gasteiger charge is 2.57. The second-order valence-electron chi connectivity index (χ2n) is 6.27. The molecule has 24 heavy (non-hydrogen) atoms. The van der Waals surface area contributed by atoms with Crippen molar-refractivity contribution < 1.29 is 19.0 Å².